The van der Waals surface area contributed by atoms with Crippen molar-refractivity contribution < 1.29 is 18.0 Å². The highest BCUT2D eigenvalue weighted by atomic mass is 35.5. The molecule has 0 saturated carbocycles. The van der Waals surface area contributed by atoms with Crippen LogP contribution in [0, 0.1) is 0 Å². The van der Waals surface area contributed by atoms with Crippen molar-refractivity contribution >= 4 is 62.3 Å². The van der Waals surface area contributed by atoms with Crippen LogP contribution in [0.3, 0.4) is 0 Å². The van der Waals surface area contributed by atoms with Crippen LogP contribution in [0.2, 0.25) is 15.1 Å². The molecule has 11 heteroatoms. The van der Waals surface area contributed by atoms with Gasteiger partial charge in [-0.05, 0) is 67.3 Å². The van der Waals surface area contributed by atoms with Gasteiger partial charge in [-0.1, -0.05) is 78.1 Å². The molecule has 0 aliphatic heterocycles. The first-order chi connectivity index (χ1) is 19.9. The molecule has 0 fully saturated rings. The number of halogens is 3. The smallest absolute Gasteiger partial charge is 0.243 e. The van der Waals surface area contributed by atoms with Crippen LogP contribution in [-0.2, 0) is 32.6 Å². The van der Waals surface area contributed by atoms with Crippen LogP contribution in [0.15, 0.2) is 72.8 Å². The van der Waals surface area contributed by atoms with Crippen LogP contribution in [0.4, 0.5) is 5.69 Å². The lowest BCUT2D eigenvalue weighted by molar-refractivity contribution is -0.141. The number of carbonyl (C=O) groups excluding carboxylic acids is 2. The molecule has 2 amide bonds. The third-order valence-corrected chi connectivity index (χ3v) is 8.93. The molecule has 1 N–H and O–H groups in total. The summed E-state index contributed by atoms with van der Waals surface area (Å²) in [4.78, 5) is 29.1. The number of hydrogen-bond acceptors (Lipinski definition) is 4. The van der Waals surface area contributed by atoms with Gasteiger partial charge < -0.3 is 10.2 Å². The van der Waals surface area contributed by atoms with Gasteiger partial charge in [0.15, 0.2) is 0 Å². The summed E-state index contributed by atoms with van der Waals surface area (Å²) < 4.78 is 26.4. The molecule has 7 nitrogen and oxygen atoms in total. The first kappa shape index (κ1) is 33.7. The number of hydrogen-bond donors (Lipinski definition) is 1. The zero-order valence-corrected chi connectivity index (χ0v) is 27.0. The highest BCUT2D eigenvalue weighted by Crippen LogP contribution is 2.25. The van der Waals surface area contributed by atoms with E-state index in [0.29, 0.717) is 32.7 Å². The zero-order valence-electron chi connectivity index (χ0n) is 23.9. The molecule has 3 aromatic carbocycles. The van der Waals surface area contributed by atoms with Crippen LogP contribution >= 0.6 is 34.8 Å². The minimum absolute atomic E-state index is 0.00667. The lowest BCUT2D eigenvalue weighted by Gasteiger charge is -2.33. The van der Waals surface area contributed by atoms with Gasteiger partial charge in [-0.25, -0.2) is 8.42 Å². The number of rotatable bonds is 14. The molecular formula is C31H36Cl3N3O4S. The molecule has 0 radical (unpaired) electrons. The third kappa shape index (κ3) is 9.90. The first-order valence-electron chi connectivity index (χ1n) is 13.7. The monoisotopic (exact) mass is 651 g/mol. The van der Waals surface area contributed by atoms with Gasteiger partial charge in [-0.15, -0.1) is 0 Å². The molecule has 0 aromatic heterocycles. The number of carbonyl (C=O) groups is 2. The molecule has 2 unspecified atom stereocenters. The normalized spacial score (nSPS) is 12.8. The summed E-state index contributed by atoms with van der Waals surface area (Å²) in [6.45, 7) is 4.04. The molecule has 0 spiro atoms. The van der Waals surface area contributed by atoms with Crippen molar-refractivity contribution in [2.75, 3.05) is 17.1 Å². The van der Waals surface area contributed by atoms with Gasteiger partial charge in [-0.2, -0.15) is 0 Å². The standard InChI is InChI=1S/C31H36Cl3N3O4S/c1-4-22(2)35-31(39)29(19-23-9-6-5-7-10-23)36(21-24-12-13-26(33)20-28(24)34)30(38)11-8-18-37(42(3,40)41)27-16-14-25(32)15-17-27/h5-7,9-10,12-17,20,22,29H,4,8,11,18-19,21H2,1-3H3,(H,35,39). The maximum Gasteiger partial charge on any atom is 0.243 e. The summed E-state index contributed by atoms with van der Waals surface area (Å²) in [6.07, 6.45) is 2.37. The van der Waals surface area contributed by atoms with Gasteiger partial charge in [0.25, 0.3) is 0 Å². The third-order valence-electron chi connectivity index (χ3n) is 6.89. The van der Waals surface area contributed by atoms with E-state index in [-0.39, 0.29) is 43.8 Å². The molecule has 0 bridgehead atoms. The molecular weight excluding hydrogens is 617 g/mol. The van der Waals surface area contributed by atoms with Crippen molar-refractivity contribution in [1.82, 2.24) is 10.2 Å². The Morgan fingerprint density at radius 1 is 0.929 bits per heavy atom. The van der Waals surface area contributed by atoms with E-state index >= 15 is 0 Å². The molecule has 3 rings (SSSR count). The number of nitrogens with zero attached hydrogens (tertiary/aromatic N) is 2. The molecule has 0 saturated heterocycles. The van der Waals surface area contributed by atoms with Crippen LogP contribution in [0.25, 0.3) is 0 Å². The second-order valence-electron chi connectivity index (χ2n) is 10.2. The van der Waals surface area contributed by atoms with Crippen LogP contribution in [0.5, 0.6) is 0 Å². The summed E-state index contributed by atoms with van der Waals surface area (Å²) >= 11 is 18.6. The second-order valence-corrected chi connectivity index (χ2v) is 13.4. The maximum absolute atomic E-state index is 13.9. The Kier molecular flexibility index (Phi) is 12.5. The maximum atomic E-state index is 13.9. The fourth-order valence-corrected chi connectivity index (χ4v) is 6.00. The lowest BCUT2D eigenvalue weighted by Crippen LogP contribution is -2.52. The van der Waals surface area contributed by atoms with Gasteiger partial charge in [0.05, 0.1) is 11.9 Å². The molecule has 226 valence electrons. The zero-order chi connectivity index (χ0) is 30.9. The van der Waals surface area contributed by atoms with Crippen molar-refractivity contribution in [3.8, 4) is 0 Å². The van der Waals surface area contributed by atoms with Crippen LogP contribution < -0.4 is 9.62 Å². The number of benzene rings is 3. The quantitative estimate of drug-likeness (QED) is 0.209. The van der Waals surface area contributed by atoms with Crippen molar-refractivity contribution in [2.24, 2.45) is 0 Å². The van der Waals surface area contributed by atoms with Crippen molar-refractivity contribution in [1.29, 1.82) is 0 Å². The minimum atomic E-state index is -3.62. The summed E-state index contributed by atoms with van der Waals surface area (Å²) in [6, 6.07) is 20.1. The Morgan fingerprint density at radius 2 is 1.57 bits per heavy atom. The SMILES string of the molecule is CCC(C)NC(=O)C(Cc1ccccc1)N(Cc1ccc(Cl)cc1Cl)C(=O)CCCN(c1ccc(Cl)cc1)S(C)(=O)=O. The molecule has 0 aliphatic rings. The van der Waals surface area contributed by atoms with Crippen molar-refractivity contribution in [3.05, 3.63) is 99.0 Å². The summed E-state index contributed by atoms with van der Waals surface area (Å²) in [7, 11) is -3.62. The van der Waals surface area contributed by atoms with Gasteiger partial charge in [-0.3, -0.25) is 13.9 Å². The number of nitrogens with one attached hydrogen (secondary N) is 1. The Bertz CT molecular complexity index is 1450. The Labute approximate surface area is 263 Å². The van der Waals surface area contributed by atoms with E-state index < -0.39 is 16.1 Å². The summed E-state index contributed by atoms with van der Waals surface area (Å²) in [5.41, 5.74) is 1.99. The fraction of sp³-hybridized carbons (Fsp3) is 0.355. The topological polar surface area (TPSA) is 86.8 Å². The van der Waals surface area contributed by atoms with E-state index in [1.807, 2.05) is 44.2 Å². The fourth-order valence-electron chi connectivity index (χ4n) is 4.44. The molecule has 42 heavy (non-hydrogen) atoms. The summed E-state index contributed by atoms with van der Waals surface area (Å²) in [5, 5.41) is 4.35. The van der Waals surface area contributed by atoms with Gasteiger partial charge in [0, 0.05) is 47.0 Å². The molecule has 0 aliphatic carbocycles. The van der Waals surface area contributed by atoms with E-state index in [2.05, 4.69) is 5.32 Å². The first-order valence-corrected chi connectivity index (χ1v) is 16.7. The molecule has 3 aromatic rings. The van der Waals surface area contributed by atoms with E-state index in [0.717, 1.165) is 18.2 Å². The largest absolute Gasteiger partial charge is 0.352 e. The number of amides is 2. The van der Waals surface area contributed by atoms with E-state index in [1.165, 1.54) is 9.21 Å². The van der Waals surface area contributed by atoms with Crippen LogP contribution in [0.1, 0.15) is 44.2 Å². The highest BCUT2D eigenvalue weighted by Gasteiger charge is 2.31. The van der Waals surface area contributed by atoms with Gasteiger partial charge in [0.2, 0.25) is 21.8 Å². The predicted octanol–water partition coefficient (Wildman–Crippen LogP) is 6.75. The van der Waals surface area contributed by atoms with Gasteiger partial charge >= 0.3 is 0 Å². The van der Waals surface area contributed by atoms with Crippen molar-refractivity contribution in [3.63, 3.8) is 0 Å². The van der Waals surface area contributed by atoms with E-state index in [4.69, 9.17) is 34.8 Å². The van der Waals surface area contributed by atoms with Gasteiger partial charge in [0.1, 0.15) is 6.04 Å². The average Bonchev–Trinajstić information content (AvgIpc) is 2.94. The predicted molar refractivity (Wildman–Crippen MR) is 172 cm³/mol. The second kappa shape index (κ2) is 15.6. The summed E-state index contributed by atoms with van der Waals surface area (Å²) in [5.74, 6) is -0.573. The minimum Gasteiger partial charge on any atom is -0.352 e. The van der Waals surface area contributed by atoms with E-state index in [9.17, 15) is 18.0 Å². The molecule has 2 atom stereocenters. The van der Waals surface area contributed by atoms with E-state index in [1.54, 1.807) is 42.5 Å². The lowest BCUT2D eigenvalue weighted by atomic mass is 10.0. The Morgan fingerprint density at radius 3 is 2.17 bits per heavy atom. The molecule has 0 heterocycles. The number of anilines is 1. The number of sulfonamides is 1. The highest BCUT2D eigenvalue weighted by molar-refractivity contribution is 7.92. The average molecular weight is 653 g/mol. The van der Waals surface area contributed by atoms with Crippen molar-refractivity contribution in [2.45, 2.75) is 58.2 Å². The van der Waals surface area contributed by atoms with Crippen LogP contribution in [-0.4, -0.2) is 50.0 Å². The Balaban J connectivity index is 1.91. The Hall–Kier alpha value is -2.78.